The smallest absolute Gasteiger partial charge is 0.267 e. The van der Waals surface area contributed by atoms with E-state index in [0.717, 1.165) is 5.01 Å². The topological polar surface area (TPSA) is 46.3 Å². The van der Waals surface area contributed by atoms with Gasteiger partial charge >= 0.3 is 0 Å². The Balaban J connectivity index is 2.89. The third kappa shape index (κ3) is 2.17. The molecule has 0 saturated heterocycles. The molecule has 2 N–H and O–H groups in total. The van der Waals surface area contributed by atoms with E-state index in [-0.39, 0.29) is 5.82 Å². The maximum atomic E-state index is 12.5. The van der Waals surface area contributed by atoms with Crippen molar-refractivity contribution in [2.24, 2.45) is 5.84 Å². The van der Waals surface area contributed by atoms with Gasteiger partial charge in [0, 0.05) is 5.57 Å². The number of anilines is 1. The predicted octanol–water partition coefficient (Wildman–Crippen LogP) is 1.61. The lowest BCUT2D eigenvalue weighted by Gasteiger charge is -2.16. The van der Waals surface area contributed by atoms with E-state index in [9.17, 15) is 9.18 Å². The van der Waals surface area contributed by atoms with Crippen molar-refractivity contribution >= 4 is 11.6 Å². The Kier molecular flexibility index (Phi) is 2.99. The number of carbonyl (C=O) groups is 1. The number of carbonyl (C=O) groups excluding carboxylic acids is 1. The molecular weight excluding hydrogens is 183 g/mol. The van der Waals surface area contributed by atoms with Crippen LogP contribution in [0.3, 0.4) is 0 Å². The second kappa shape index (κ2) is 4.02. The minimum Gasteiger partial charge on any atom is -0.268 e. The molecule has 0 aliphatic heterocycles. The highest BCUT2D eigenvalue weighted by atomic mass is 19.1. The average molecular weight is 194 g/mol. The molecule has 1 aromatic rings. The first-order valence-electron chi connectivity index (χ1n) is 4.02. The first-order valence-corrected chi connectivity index (χ1v) is 4.02. The second-order valence-corrected chi connectivity index (χ2v) is 2.93. The lowest BCUT2D eigenvalue weighted by molar-refractivity contribution is -0.115. The van der Waals surface area contributed by atoms with Gasteiger partial charge in [0.2, 0.25) is 0 Å². The quantitative estimate of drug-likeness (QED) is 0.336. The predicted molar refractivity (Wildman–Crippen MR) is 52.9 cm³/mol. The van der Waals surface area contributed by atoms with E-state index in [1.54, 1.807) is 6.92 Å². The Bertz CT molecular complexity index is 359. The van der Waals surface area contributed by atoms with E-state index >= 15 is 0 Å². The van der Waals surface area contributed by atoms with Crippen LogP contribution in [-0.4, -0.2) is 5.91 Å². The number of benzene rings is 1. The van der Waals surface area contributed by atoms with E-state index in [4.69, 9.17) is 5.84 Å². The molecule has 0 heterocycles. The summed E-state index contributed by atoms with van der Waals surface area (Å²) in [6, 6.07) is 5.33. The van der Waals surface area contributed by atoms with Crippen LogP contribution in [0.25, 0.3) is 0 Å². The summed E-state index contributed by atoms with van der Waals surface area (Å²) in [7, 11) is 0. The summed E-state index contributed by atoms with van der Waals surface area (Å²) in [6.45, 7) is 5.04. The lowest BCUT2D eigenvalue weighted by Crippen LogP contribution is -2.37. The standard InChI is InChI=1S/C10H11FN2O/c1-7(2)10(14)13(12)9-5-3-8(11)4-6-9/h3-6H,1,12H2,2H3. The van der Waals surface area contributed by atoms with Gasteiger partial charge in [-0.05, 0) is 31.2 Å². The van der Waals surface area contributed by atoms with Crippen molar-refractivity contribution in [1.82, 2.24) is 0 Å². The highest BCUT2D eigenvalue weighted by Gasteiger charge is 2.11. The third-order valence-electron chi connectivity index (χ3n) is 1.69. The highest BCUT2D eigenvalue weighted by Crippen LogP contribution is 2.13. The van der Waals surface area contributed by atoms with Crippen LogP contribution < -0.4 is 10.9 Å². The van der Waals surface area contributed by atoms with Crippen molar-refractivity contribution in [3.05, 3.63) is 42.2 Å². The average Bonchev–Trinajstić information content (AvgIpc) is 2.16. The normalized spacial score (nSPS) is 9.64. The maximum absolute atomic E-state index is 12.5. The van der Waals surface area contributed by atoms with Crippen LogP contribution in [0.5, 0.6) is 0 Å². The van der Waals surface area contributed by atoms with Gasteiger partial charge < -0.3 is 0 Å². The Hall–Kier alpha value is -1.68. The molecule has 1 aromatic carbocycles. The molecule has 3 nitrogen and oxygen atoms in total. The Labute approximate surface area is 81.6 Å². The minimum atomic E-state index is -0.392. The van der Waals surface area contributed by atoms with Gasteiger partial charge in [0.1, 0.15) is 5.82 Å². The first-order chi connectivity index (χ1) is 6.52. The van der Waals surface area contributed by atoms with Gasteiger partial charge in [-0.15, -0.1) is 0 Å². The summed E-state index contributed by atoms with van der Waals surface area (Å²) >= 11 is 0. The zero-order chi connectivity index (χ0) is 10.7. The molecule has 0 aliphatic rings. The molecule has 0 bridgehead atoms. The zero-order valence-corrected chi connectivity index (χ0v) is 7.83. The van der Waals surface area contributed by atoms with Crippen molar-refractivity contribution in [2.45, 2.75) is 6.92 Å². The first kappa shape index (κ1) is 10.4. The number of hydrogen-bond donors (Lipinski definition) is 1. The fraction of sp³-hybridized carbons (Fsp3) is 0.100. The number of nitrogens with zero attached hydrogens (tertiary/aromatic N) is 1. The molecule has 4 heteroatoms. The molecule has 0 fully saturated rings. The van der Waals surface area contributed by atoms with E-state index in [2.05, 4.69) is 6.58 Å². The van der Waals surface area contributed by atoms with E-state index in [1.165, 1.54) is 24.3 Å². The van der Waals surface area contributed by atoms with Crippen molar-refractivity contribution in [2.75, 3.05) is 5.01 Å². The van der Waals surface area contributed by atoms with Gasteiger partial charge in [-0.1, -0.05) is 6.58 Å². The number of amides is 1. The van der Waals surface area contributed by atoms with E-state index in [0.29, 0.717) is 11.3 Å². The minimum absolute atomic E-state index is 0.330. The fourth-order valence-corrected chi connectivity index (χ4v) is 0.925. The van der Waals surface area contributed by atoms with Gasteiger partial charge in [0.05, 0.1) is 5.69 Å². The number of rotatable bonds is 2. The second-order valence-electron chi connectivity index (χ2n) is 2.93. The van der Waals surface area contributed by atoms with E-state index < -0.39 is 5.91 Å². The summed E-state index contributed by atoms with van der Waals surface area (Å²) in [5.74, 6) is 4.73. The zero-order valence-electron chi connectivity index (χ0n) is 7.83. The van der Waals surface area contributed by atoms with Crippen LogP contribution in [-0.2, 0) is 4.79 Å². The van der Waals surface area contributed by atoms with Gasteiger partial charge in [0.15, 0.2) is 0 Å². The van der Waals surface area contributed by atoms with Crippen molar-refractivity contribution in [3.8, 4) is 0 Å². The molecular formula is C10H11FN2O. The lowest BCUT2D eigenvalue weighted by atomic mass is 10.2. The molecule has 0 saturated carbocycles. The number of hydrogen-bond acceptors (Lipinski definition) is 2. The van der Waals surface area contributed by atoms with Crippen LogP contribution in [0, 0.1) is 5.82 Å². The molecule has 0 atom stereocenters. The molecule has 0 aliphatic carbocycles. The monoisotopic (exact) mass is 194 g/mol. The maximum Gasteiger partial charge on any atom is 0.267 e. The number of nitrogens with two attached hydrogens (primary N) is 1. The van der Waals surface area contributed by atoms with Crippen LogP contribution >= 0.6 is 0 Å². The van der Waals surface area contributed by atoms with Crippen molar-refractivity contribution in [3.63, 3.8) is 0 Å². The van der Waals surface area contributed by atoms with Crippen LogP contribution in [0.2, 0.25) is 0 Å². The molecule has 0 radical (unpaired) electrons. The summed E-state index contributed by atoms with van der Waals surface area (Å²) in [6.07, 6.45) is 0. The summed E-state index contributed by atoms with van der Waals surface area (Å²) in [5, 5.41) is 0.932. The molecule has 74 valence electrons. The van der Waals surface area contributed by atoms with E-state index in [1.807, 2.05) is 0 Å². The van der Waals surface area contributed by atoms with Gasteiger partial charge in [-0.3, -0.25) is 4.79 Å². The number of hydrazine groups is 1. The molecule has 0 unspecified atom stereocenters. The van der Waals surface area contributed by atoms with Crippen LogP contribution in [0.15, 0.2) is 36.4 Å². The van der Waals surface area contributed by atoms with Gasteiger partial charge in [0.25, 0.3) is 5.91 Å². The third-order valence-corrected chi connectivity index (χ3v) is 1.69. The van der Waals surface area contributed by atoms with Crippen molar-refractivity contribution in [1.29, 1.82) is 0 Å². The molecule has 0 spiro atoms. The number of halogens is 1. The Morgan fingerprint density at radius 1 is 1.43 bits per heavy atom. The van der Waals surface area contributed by atoms with Crippen LogP contribution in [0.4, 0.5) is 10.1 Å². The largest absolute Gasteiger partial charge is 0.268 e. The molecule has 1 rings (SSSR count). The Morgan fingerprint density at radius 2 is 1.93 bits per heavy atom. The fourth-order valence-electron chi connectivity index (χ4n) is 0.925. The Morgan fingerprint density at radius 3 is 2.36 bits per heavy atom. The van der Waals surface area contributed by atoms with Gasteiger partial charge in [-0.2, -0.15) is 0 Å². The SMILES string of the molecule is C=C(C)C(=O)N(N)c1ccc(F)cc1. The van der Waals surface area contributed by atoms with Gasteiger partial charge in [-0.25, -0.2) is 15.2 Å². The molecule has 0 aromatic heterocycles. The summed E-state index contributed by atoms with van der Waals surface area (Å²) in [5.41, 5.74) is 0.760. The summed E-state index contributed by atoms with van der Waals surface area (Å²) < 4.78 is 12.5. The van der Waals surface area contributed by atoms with Crippen LogP contribution in [0.1, 0.15) is 6.92 Å². The van der Waals surface area contributed by atoms with Crippen molar-refractivity contribution < 1.29 is 9.18 Å². The summed E-state index contributed by atoms with van der Waals surface area (Å²) in [4.78, 5) is 11.3. The highest BCUT2D eigenvalue weighted by molar-refractivity contribution is 6.03. The molecule has 1 amide bonds. The molecule has 14 heavy (non-hydrogen) atoms.